The zero-order valence-electron chi connectivity index (χ0n) is 12.7. The second kappa shape index (κ2) is 6.31. The maximum absolute atomic E-state index is 12.4. The molecule has 0 saturated carbocycles. The highest BCUT2D eigenvalue weighted by Crippen LogP contribution is 2.19. The first kappa shape index (κ1) is 14.8. The maximum atomic E-state index is 12.4. The van der Waals surface area contributed by atoms with Gasteiger partial charge >= 0.3 is 0 Å². The van der Waals surface area contributed by atoms with Gasteiger partial charge in [-0.2, -0.15) is 4.98 Å². The Kier molecular flexibility index (Phi) is 4.24. The summed E-state index contributed by atoms with van der Waals surface area (Å²) in [6, 6.07) is 5.61. The van der Waals surface area contributed by atoms with Crippen LogP contribution in [0.5, 0.6) is 5.88 Å². The first-order chi connectivity index (χ1) is 10.7. The van der Waals surface area contributed by atoms with Crippen LogP contribution in [0.15, 0.2) is 24.4 Å². The molecule has 7 heteroatoms. The largest absolute Gasteiger partial charge is 0.481 e. The third-order valence-corrected chi connectivity index (χ3v) is 4.62. The number of aromatic nitrogens is 2. The van der Waals surface area contributed by atoms with Gasteiger partial charge in [0.1, 0.15) is 0 Å². The summed E-state index contributed by atoms with van der Waals surface area (Å²) in [7, 11) is 1.59. The molecule has 6 nitrogen and oxygen atoms in total. The van der Waals surface area contributed by atoms with Gasteiger partial charge in [-0.15, -0.1) is 11.3 Å². The summed E-state index contributed by atoms with van der Waals surface area (Å²) in [5.41, 5.74) is 0. The summed E-state index contributed by atoms with van der Waals surface area (Å²) in [6.07, 6.45) is 1.69. The number of nitrogens with zero attached hydrogens (tertiary/aromatic N) is 4. The van der Waals surface area contributed by atoms with Gasteiger partial charge < -0.3 is 14.5 Å². The third-order valence-electron chi connectivity index (χ3n) is 3.63. The fourth-order valence-electron chi connectivity index (χ4n) is 2.41. The smallest absolute Gasteiger partial charge is 0.264 e. The molecule has 1 fully saturated rings. The molecule has 1 aliphatic rings. The second-order valence-corrected chi connectivity index (χ2v) is 6.38. The van der Waals surface area contributed by atoms with E-state index >= 15 is 0 Å². The van der Waals surface area contributed by atoms with Gasteiger partial charge in [0.2, 0.25) is 11.8 Å². The molecule has 0 aromatic carbocycles. The summed E-state index contributed by atoms with van der Waals surface area (Å²) in [6.45, 7) is 4.82. The van der Waals surface area contributed by atoms with Crippen LogP contribution in [-0.4, -0.2) is 54.1 Å². The molecule has 2 aromatic heterocycles. The number of carbonyl (C=O) groups is 1. The number of amides is 1. The van der Waals surface area contributed by atoms with E-state index in [1.54, 1.807) is 30.7 Å². The third kappa shape index (κ3) is 3.04. The highest BCUT2D eigenvalue weighted by molar-refractivity contribution is 7.13. The van der Waals surface area contributed by atoms with Gasteiger partial charge in [-0.05, 0) is 19.1 Å². The van der Waals surface area contributed by atoms with Crippen molar-refractivity contribution in [2.24, 2.45) is 0 Å². The molecule has 3 heterocycles. The number of hydrogen-bond acceptors (Lipinski definition) is 6. The molecule has 0 bridgehead atoms. The monoisotopic (exact) mass is 318 g/mol. The number of hydrogen-bond donors (Lipinski definition) is 0. The molecule has 116 valence electrons. The molecule has 0 N–H and O–H groups in total. The van der Waals surface area contributed by atoms with Crippen LogP contribution in [0.3, 0.4) is 0 Å². The number of ether oxygens (including phenoxy) is 1. The van der Waals surface area contributed by atoms with Crippen molar-refractivity contribution < 1.29 is 9.53 Å². The molecule has 1 aliphatic heterocycles. The SMILES string of the molecule is COc1ccnc(N2CCN(C(=O)c3ccc(C)s3)CC2)n1. The topological polar surface area (TPSA) is 58.6 Å². The minimum absolute atomic E-state index is 0.115. The van der Waals surface area contributed by atoms with Crippen LogP contribution < -0.4 is 9.64 Å². The summed E-state index contributed by atoms with van der Waals surface area (Å²) in [5, 5.41) is 0. The van der Waals surface area contributed by atoms with Crippen LogP contribution in [0.2, 0.25) is 0 Å². The molecule has 2 aromatic rings. The van der Waals surface area contributed by atoms with Crippen LogP contribution in [0.1, 0.15) is 14.5 Å². The van der Waals surface area contributed by atoms with Gasteiger partial charge in [0.25, 0.3) is 5.91 Å². The Bertz CT molecular complexity index is 665. The van der Waals surface area contributed by atoms with E-state index < -0.39 is 0 Å². The highest BCUT2D eigenvalue weighted by atomic mass is 32.1. The van der Waals surface area contributed by atoms with Crippen LogP contribution in [0.25, 0.3) is 0 Å². The lowest BCUT2D eigenvalue weighted by Crippen LogP contribution is -2.49. The zero-order chi connectivity index (χ0) is 15.5. The molecular weight excluding hydrogens is 300 g/mol. The molecule has 22 heavy (non-hydrogen) atoms. The van der Waals surface area contributed by atoms with Gasteiger partial charge in [-0.25, -0.2) is 4.98 Å². The molecule has 0 atom stereocenters. The number of piperazine rings is 1. The van der Waals surface area contributed by atoms with Gasteiger partial charge in [-0.1, -0.05) is 0 Å². The van der Waals surface area contributed by atoms with Crippen molar-refractivity contribution in [2.45, 2.75) is 6.92 Å². The lowest BCUT2D eigenvalue weighted by atomic mass is 10.3. The summed E-state index contributed by atoms with van der Waals surface area (Å²) < 4.78 is 5.12. The van der Waals surface area contributed by atoms with E-state index in [2.05, 4.69) is 14.9 Å². The molecule has 1 saturated heterocycles. The standard InChI is InChI=1S/C15H18N4O2S/c1-11-3-4-12(22-11)14(20)18-7-9-19(10-8-18)15-16-6-5-13(17-15)21-2/h3-6H,7-10H2,1-2H3. The Morgan fingerprint density at radius 3 is 2.64 bits per heavy atom. The fraction of sp³-hybridized carbons (Fsp3) is 0.400. The quantitative estimate of drug-likeness (QED) is 0.864. The predicted molar refractivity (Wildman–Crippen MR) is 85.8 cm³/mol. The van der Waals surface area contributed by atoms with Crippen LogP contribution in [0, 0.1) is 6.92 Å². The molecule has 1 amide bonds. The summed E-state index contributed by atoms with van der Waals surface area (Å²) >= 11 is 1.55. The van der Waals surface area contributed by atoms with Gasteiger partial charge in [0, 0.05) is 43.3 Å². The van der Waals surface area contributed by atoms with Crippen LogP contribution in [-0.2, 0) is 0 Å². The van der Waals surface area contributed by atoms with E-state index in [-0.39, 0.29) is 5.91 Å². The van der Waals surface area contributed by atoms with Crippen LogP contribution >= 0.6 is 11.3 Å². The average molecular weight is 318 g/mol. The van der Waals surface area contributed by atoms with E-state index in [9.17, 15) is 4.79 Å². The average Bonchev–Trinajstić information content (AvgIpc) is 3.01. The van der Waals surface area contributed by atoms with Gasteiger partial charge in [0.05, 0.1) is 12.0 Å². The number of methoxy groups -OCH3 is 1. The lowest BCUT2D eigenvalue weighted by Gasteiger charge is -2.34. The molecule has 0 spiro atoms. The van der Waals surface area contributed by atoms with Crippen molar-refractivity contribution in [3.8, 4) is 5.88 Å². The van der Waals surface area contributed by atoms with Crippen molar-refractivity contribution in [3.05, 3.63) is 34.2 Å². The van der Waals surface area contributed by atoms with E-state index in [1.807, 2.05) is 24.0 Å². The van der Waals surface area contributed by atoms with Crippen molar-refractivity contribution in [3.63, 3.8) is 0 Å². The number of carbonyl (C=O) groups excluding carboxylic acids is 1. The minimum atomic E-state index is 0.115. The highest BCUT2D eigenvalue weighted by Gasteiger charge is 2.24. The Labute approximate surface area is 133 Å². The minimum Gasteiger partial charge on any atom is -0.481 e. The Balaban J connectivity index is 1.63. The normalized spacial score (nSPS) is 15.0. The predicted octanol–water partition coefficient (Wildman–Crippen LogP) is 1.82. The van der Waals surface area contributed by atoms with E-state index in [1.165, 1.54) is 0 Å². The van der Waals surface area contributed by atoms with Gasteiger partial charge in [-0.3, -0.25) is 4.79 Å². The molecule has 0 aliphatic carbocycles. The number of rotatable bonds is 3. The van der Waals surface area contributed by atoms with Crippen molar-refractivity contribution >= 4 is 23.2 Å². The number of aryl methyl sites for hydroxylation is 1. The Morgan fingerprint density at radius 1 is 1.23 bits per heavy atom. The fourth-order valence-corrected chi connectivity index (χ4v) is 3.25. The Morgan fingerprint density at radius 2 is 2.00 bits per heavy atom. The Hall–Kier alpha value is -2.15. The summed E-state index contributed by atoms with van der Waals surface area (Å²) in [4.78, 5) is 27.0. The van der Waals surface area contributed by atoms with Crippen molar-refractivity contribution in [1.29, 1.82) is 0 Å². The second-order valence-electron chi connectivity index (χ2n) is 5.09. The molecule has 0 unspecified atom stereocenters. The lowest BCUT2D eigenvalue weighted by molar-refractivity contribution is 0.0751. The van der Waals surface area contributed by atoms with Crippen LogP contribution in [0.4, 0.5) is 5.95 Å². The zero-order valence-corrected chi connectivity index (χ0v) is 13.5. The molecule has 0 radical (unpaired) electrons. The van der Waals surface area contributed by atoms with Gasteiger partial charge in [0.15, 0.2) is 0 Å². The first-order valence-electron chi connectivity index (χ1n) is 7.15. The van der Waals surface area contributed by atoms with Crippen molar-refractivity contribution in [2.75, 3.05) is 38.2 Å². The molecular formula is C15H18N4O2S. The number of anilines is 1. The van der Waals surface area contributed by atoms with E-state index in [0.717, 1.165) is 22.8 Å². The maximum Gasteiger partial charge on any atom is 0.264 e. The van der Waals surface area contributed by atoms with E-state index in [4.69, 9.17) is 4.74 Å². The number of thiophene rings is 1. The van der Waals surface area contributed by atoms with Crippen molar-refractivity contribution in [1.82, 2.24) is 14.9 Å². The van der Waals surface area contributed by atoms with E-state index in [0.29, 0.717) is 24.9 Å². The first-order valence-corrected chi connectivity index (χ1v) is 7.97. The molecule has 3 rings (SSSR count). The summed E-state index contributed by atoms with van der Waals surface area (Å²) in [5.74, 6) is 1.32.